The van der Waals surface area contributed by atoms with Gasteiger partial charge in [0.1, 0.15) is 11.6 Å². The van der Waals surface area contributed by atoms with Crippen molar-refractivity contribution < 1.29 is 9.18 Å². The van der Waals surface area contributed by atoms with Crippen LogP contribution in [0.2, 0.25) is 0 Å². The molecular weight excluding hydrogens is 317 g/mol. The van der Waals surface area contributed by atoms with Crippen LogP contribution < -0.4 is 10.9 Å². The SMILES string of the molecule is C=CCSc1nc2c(c(=O)[nH]1)C(c1ccc(F)cc1)CC(=O)N2. The van der Waals surface area contributed by atoms with Gasteiger partial charge in [-0.3, -0.25) is 9.59 Å². The summed E-state index contributed by atoms with van der Waals surface area (Å²) in [4.78, 5) is 31.4. The predicted octanol–water partition coefficient (Wildman–Crippen LogP) is 2.66. The van der Waals surface area contributed by atoms with Crippen LogP contribution in [-0.4, -0.2) is 21.6 Å². The number of rotatable bonds is 4. The number of carbonyl (C=O) groups excluding carboxylic acids is 1. The molecule has 1 atom stereocenters. The minimum absolute atomic E-state index is 0.128. The molecule has 2 aromatic rings. The fraction of sp³-hybridized carbons (Fsp3) is 0.188. The van der Waals surface area contributed by atoms with E-state index in [1.165, 1.54) is 23.9 Å². The summed E-state index contributed by atoms with van der Waals surface area (Å²) in [6.45, 7) is 3.62. The largest absolute Gasteiger partial charge is 0.310 e. The smallest absolute Gasteiger partial charge is 0.257 e. The number of thioether (sulfide) groups is 1. The van der Waals surface area contributed by atoms with Gasteiger partial charge in [0.25, 0.3) is 5.56 Å². The number of hydrogen-bond acceptors (Lipinski definition) is 4. The van der Waals surface area contributed by atoms with Crippen LogP contribution in [0.15, 0.2) is 46.9 Å². The molecule has 2 N–H and O–H groups in total. The molecule has 0 saturated carbocycles. The van der Waals surface area contributed by atoms with Gasteiger partial charge in [-0.05, 0) is 17.7 Å². The van der Waals surface area contributed by atoms with Crippen LogP contribution >= 0.6 is 11.8 Å². The molecule has 0 saturated heterocycles. The van der Waals surface area contributed by atoms with Crippen molar-refractivity contribution in [1.29, 1.82) is 0 Å². The molecule has 2 heterocycles. The molecule has 1 aliphatic heterocycles. The van der Waals surface area contributed by atoms with Gasteiger partial charge in [0, 0.05) is 18.1 Å². The highest BCUT2D eigenvalue weighted by Gasteiger charge is 2.30. The first-order valence-electron chi connectivity index (χ1n) is 7.01. The van der Waals surface area contributed by atoms with Gasteiger partial charge in [-0.1, -0.05) is 30.0 Å². The summed E-state index contributed by atoms with van der Waals surface area (Å²) in [5.41, 5.74) is 0.816. The van der Waals surface area contributed by atoms with E-state index in [1.807, 2.05) is 0 Å². The number of nitrogens with zero attached hydrogens (tertiary/aromatic N) is 1. The molecule has 0 radical (unpaired) electrons. The first-order valence-corrected chi connectivity index (χ1v) is 8.00. The fourth-order valence-corrected chi connectivity index (χ4v) is 3.13. The molecule has 1 aliphatic rings. The van der Waals surface area contributed by atoms with Crippen molar-refractivity contribution in [3.8, 4) is 0 Å². The minimum atomic E-state index is -0.436. The van der Waals surface area contributed by atoms with Crippen LogP contribution in [0, 0.1) is 5.82 Å². The summed E-state index contributed by atoms with van der Waals surface area (Å²) in [5.74, 6) is -0.154. The topological polar surface area (TPSA) is 74.8 Å². The van der Waals surface area contributed by atoms with E-state index in [9.17, 15) is 14.0 Å². The number of halogens is 1. The molecule has 1 amide bonds. The first kappa shape index (κ1) is 15.5. The highest BCUT2D eigenvalue weighted by atomic mass is 32.2. The Morgan fingerprint density at radius 3 is 2.78 bits per heavy atom. The maximum absolute atomic E-state index is 13.1. The van der Waals surface area contributed by atoms with Crippen LogP contribution in [0.25, 0.3) is 0 Å². The van der Waals surface area contributed by atoms with Crippen LogP contribution in [-0.2, 0) is 4.79 Å². The predicted molar refractivity (Wildman–Crippen MR) is 87.3 cm³/mol. The Kier molecular flexibility index (Phi) is 4.29. The number of nitrogens with one attached hydrogen (secondary N) is 2. The number of benzene rings is 1. The van der Waals surface area contributed by atoms with Gasteiger partial charge < -0.3 is 10.3 Å². The summed E-state index contributed by atoms with van der Waals surface area (Å²) in [6, 6.07) is 5.80. The van der Waals surface area contributed by atoms with Crippen molar-refractivity contribution in [2.75, 3.05) is 11.1 Å². The van der Waals surface area contributed by atoms with Gasteiger partial charge >= 0.3 is 0 Å². The Bertz CT molecular complexity index is 817. The summed E-state index contributed by atoms with van der Waals surface area (Å²) in [6.07, 6.45) is 1.83. The quantitative estimate of drug-likeness (QED) is 0.513. The lowest BCUT2D eigenvalue weighted by molar-refractivity contribution is -0.116. The molecule has 0 fully saturated rings. The van der Waals surface area contributed by atoms with E-state index in [0.29, 0.717) is 22.0 Å². The summed E-state index contributed by atoms with van der Waals surface area (Å²) in [7, 11) is 0. The van der Waals surface area contributed by atoms with Crippen LogP contribution in [0.4, 0.5) is 10.2 Å². The highest BCUT2D eigenvalue weighted by molar-refractivity contribution is 7.99. The molecule has 0 spiro atoms. The monoisotopic (exact) mass is 331 g/mol. The Hall–Kier alpha value is -2.41. The lowest BCUT2D eigenvalue weighted by Crippen LogP contribution is -2.31. The molecule has 118 valence electrons. The lowest BCUT2D eigenvalue weighted by atomic mass is 9.87. The number of anilines is 1. The molecule has 5 nitrogen and oxygen atoms in total. The third kappa shape index (κ3) is 3.19. The molecule has 1 aromatic heterocycles. The zero-order valence-electron chi connectivity index (χ0n) is 12.1. The van der Waals surface area contributed by atoms with E-state index < -0.39 is 5.92 Å². The average Bonchev–Trinajstić information content (AvgIpc) is 2.52. The Morgan fingerprint density at radius 1 is 1.35 bits per heavy atom. The van der Waals surface area contributed by atoms with Gasteiger partial charge in [0.2, 0.25) is 5.91 Å². The van der Waals surface area contributed by atoms with E-state index in [-0.39, 0.29) is 29.5 Å². The average molecular weight is 331 g/mol. The maximum Gasteiger partial charge on any atom is 0.257 e. The van der Waals surface area contributed by atoms with E-state index >= 15 is 0 Å². The number of fused-ring (bicyclic) bond motifs is 1. The molecule has 1 aromatic carbocycles. The number of aromatic nitrogens is 2. The minimum Gasteiger partial charge on any atom is -0.310 e. The van der Waals surface area contributed by atoms with Crippen LogP contribution in [0.3, 0.4) is 0 Å². The van der Waals surface area contributed by atoms with Gasteiger partial charge in [0.05, 0.1) is 5.56 Å². The third-order valence-electron chi connectivity index (χ3n) is 3.54. The van der Waals surface area contributed by atoms with Crippen molar-refractivity contribution >= 4 is 23.5 Å². The van der Waals surface area contributed by atoms with Gasteiger partial charge in [-0.15, -0.1) is 6.58 Å². The molecule has 23 heavy (non-hydrogen) atoms. The zero-order chi connectivity index (χ0) is 16.4. The summed E-state index contributed by atoms with van der Waals surface area (Å²) < 4.78 is 13.1. The van der Waals surface area contributed by atoms with Crippen LogP contribution in [0.5, 0.6) is 0 Å². The number of aromatic amines is 1. The summed E-state index contributed by atoms with van der Waals surface area (Å²) >= 11 is 1.32. The Balaban J connectivity index is 2.06. The van der Waals surface area contributed by atoms with E-state index in [0.717, 1.165) is 0 Å². The Labute approximate surface area is 136 Å². The fourth-order valence-electron chi connectivity index (χ4n) is 2.54. The van der Waals surface area contributed by atoms with Gasteiger partial charge in [-0.2, -0.15) is 0 Å². The second-order valence-electron chi connectivity index (χ2n) is 5.09. The maximum atomic E-state index is 13.1. The Morgan fingerprint density at radius 2 is 2.09 bits per heavy atom. The molecule has 0 aliphatic carbocycles. The first-order chi connectivity index (χ1) is 11.1. The van der Waals surface area contributed by atoms with Crippen molar-refractivity contribution in [2.45, 2.75) is 17.5 Å². The number of amides is 1. The van der Waals surface area contributed by atoms with Crippen molar-refractivity contribution in [2.24, 2.45) is 0 Å². The zero-order valence-corrected chi connectivity index (χ0v) is 13.0. The van der Waals surface area contributed by atoms with Crippen molar-refractivity contribution in [3.63, 3.8) is 0 Å². The third-order valence-corrected chi connectivity index (χ3v) is 4.41. The lowest BCUT2D eigenvalue weighted by Gasteiger charge is -2.24. The standard InChI is InChI=1S/C16H14FN3O2S/c1-2-7-23-16-19-14-13(15(22)20-16)11(8-12(21)18-14)9-3-5-10(17)6-4-9/h2-6,11H,1,7-8H2,(H2,18,19,20,21,22). The van der Waals surface area contributed by atoms with Crippen molar-refractivity contribution in [3.05, 3.63) is 64.2 Å². The van der Waals surface area contributed by atoms with Gasteiger partial charge in [-0.25, -0.2) is 9.37 Å². The van der Waals surface area contributed by atoms with Crippen LogP contribution in [0.1, 0.15) is 23.5 Å². The number of hydrogen-bond donors (Lipinski definition) is 2. The van der Waals surface area contributed by atoms with E-state index in [2.05, 4.69) is 21.9 Å². The normalized spacial score (nSPS) is 16.6. The van der Waals surface area contributed by atoms with Gasteiger partial charge in [0.15, 0.2) is 5.16 Å². The number of H-pyrrole nitrogens is 1. The molecule has 0 bridgehead atoms. The molecular formula is C16H14FN3O2S. The van der Waals surface area contributed by atoms with E-state index in [4.69, 9.17) is 0 Å². The van der Waals surface area contributed by atoms with Crippen molar-refractivity contribution in [1.82, 2.24) is 9.97 Å². The molecule has 7 heteroatoms. The van der Waals surface area contributed by atoms with E-state index in [1.54, 1.807) is 18.2 Å². The number of carbonyl (C=O) groups is 1. The molecule has 1 unspecified atom stereocenters. The second-order valence-corrected chi connectivity index (χ2v) is 6.10. The second kappa shape index (κ2) is 6.37. The summed E-state index contributed by atoms with van der Waals surface area (Å²) in [5, 5.41) is 3.07. The highest BCUT2D eigenvalue weighted by Crippen LogP contribution is 2.34. The molecule has 3 rings (SSSR count).